The van der Waals surface area contributed by atoms with Gasteiger partial charge in [-0.3, -0.25) is 4.79 Å². The lowest BCUT2D eigenvalue weighted by Crippen LogP contribution is -2.39. The minimum Gasteiger partial charge on any atom is -0.384 e. The predicted octanol–water partition coefficient (Wildman–Crippen LogP) is 1.55. The third-order valence-corrected chi connectivity index (χ3v) is 5.45. The molecule has 0 saturated carbocycles. The summed E-state index contributed by atoms with van der Waals surface area (Å²) in [6, 6.07) is 2.25. The molecule has 2 aromatic rings. The molecule has 34 heavy (non-hydrogen) atoms. The largest absolute Gasteiger partial charge is 0.417 e. The summed E-state index contributed by atoms with van der Waals surface area (Å²) in [5.41, 5.74) is -1.19. The molecule has 10 nitrogen and oxygen atoms in total. The summed E-state index contributed by atoms with van der Waals surface area (Å²) in [6.07, 6.45) is -5.12. The number of pyridine rings is 1. The lowest BCUT2D eigenvalue weighted by atomic mass is 10.1. The van der Waals surface area contributed by atoms with Gasteiger partial charge in [-0.25, -0.2) is 9.97 Å². The topological polar surface area (TPSA) is 113 Å². The van der Waals surface area contributed by atoms with Crippen LogP contribution in [0.25, 0.3) is 11.3 Å². The van der Waals surface area contributed by atoms with Crippen molar-refractivity contribution >= 4 is 23.5 Å². The first-order valence-corrected chi connectivity index (χ1v) is 10.8. The van der Waals surface area contributed by atoms with Crippen molar-refractivity contribution in [2.45, 2.75) is 19.2 Å². The first-order valence-electron chi connectivity index (χ1n) is 10.8. The highest BCUT2D eigenvalue weighted by atomic mass is 19.4. The van der Waals surface area contributed by atoms with E-state index in [9.17, 15) is 23.1 Å². The maximum atomic E-state index is 14.0. The zero-order valence-electron chi connectivity index (χ0n) is 18.5. The predicted molar refractivity (Wildman–Crippen MR) is 117 cm³/mol. The quantitative estimate of drug-likeness (QED) is 0.655. The van der Waals surface area contributed by atoms with Crippen LogP contribution >= 0.6 is 0 Å². The molecule has 2 saturated heterocycles. The molecule has 0 spiro atoms. The van der Waals surface area contributed by atoms with Gasteiger partial charge in [0.05, 0.1) is 37.7 Å². The van der Waals surface area contributed by atoms with E-state index in [2.05, 4.69) is 20.3 Å². The molecule has 1 unspecified atom stereocenters. The second-order valence-electron chi connectivity index (χ2n) is 7.89. The van der Waals surface area contributed by atoms with Crippen LogP contribution in [0.3, 0.4) is 0 Å². The Kier molecular flexibility index (Phi) is 7.14. The van der Waals surface area contributed by atoms with Gasteiger partial charge < -0.3 is 29.7 Å². The van der Waals surface area contributed by atoms with E-state index < -0.39 is 23.8 Å². The number of anilines is 3. The first kappa shape index (κ1) is 24.1. The Balaban J connectivity index is 1.78. The van der Waals surface area contributed by atoms with E-state index in [1.54, 1.807) is 0 Å². The van der Waals surface area contributed by atoms with Crippen LogP contribution < -0.4 is 15.1 Å². The Morgan fingerprint density at radius 1 is 1.06 bits per heavy atom. The van der Waals surface area contributed by atoms with Crippen LogP contribution in [0.5, 0.6) is 0 Å². The zero-order chi connectivity index (χ0) is 24.3. The smallest absolute Gasteiger partial charge is 0.384 e. The van der Waals surface area contributed by atoms with E-state index in [0.717, 1.165) is 12.3 Å². The monoisotopic (exact) mass is 482 g/mol. The van der Waals surface area contributed by atoms with Gasteiger partial charge in [-0.05, 0) is 13.0 Å². The molecule has 184 valence electrons. The lowest BCUT2D eigenvalue weighted by Gasteiger charge is -2.31. The lowest BCUT2D eigenvalue weighted by molar-refractivity contribution is -0.137. The van der Waals surface area contributed by atoms with Crippen molar-refractivity contribution in [2.24, 2.45) is 0 Å². The number of rotatable bonds is 5. The summed E-state index contributed by atoms with van der Waals surface area (Å²) in [5.74, 6) is -0.381. The van der Waals surface area contributed by atoms with Crippen molar-refractivity contribution in [3.8, 4) is 11.3 Å². The minimum atomic E-state index is -4.74. The number of amides is 1. The zero-order valence-corrected chi connectivity index (χ0v) is 18.5. The Morgan fingerprint density at radius 3 is 2.26 bits per heavy atom. The van der Waals surface area contributed by atoms with Gasteiger partial charge in [-0.15, -0.1) is 0 Å². The standard InChI is InChI=1S/C21H25F3N6O4/c1-13(31)19(32)27-17-10-15(21(22,23)24)14(12-25-17)16-11-18(29-2-6-33-7-3-29)28-20(26-16)30-4-8-34-9-5-30/h10-13,31H,2-9H2,1H3,(H,25,27,32). The van der Waals surface area contributed by atoms with Crippen LogP contribution in [0.1, 0.15) is 12.5 Å². The van der Waals surface area contributed by atoms with Gasteiger partial charge >= 0.3 is 6.18 Å². The van der Waals surface area contributed by atoms with Crippen molar-refractivity contribution < 1.29 is 32.5 Å². The average Bonchev–Trinajstić information content (AvgIpc) is 2.84. The number of ether oxygens (including phenoxy) is 2. The van der Waals surface area contributed by atoms with Gasteiger partial charge in [-0.2, -0.15) is 18.2 Å². The second kappa shape index (κ2) is 10.1. The number of aliphatic hydroxyl groups is 1. The summed E-state index contributed by atoms with van der Waals surface area (Å²) < 4.78 is 52.9. The third kappa shape index (κ3) is 5.54. The molecular weight excluding hydrogens is 457 g/mol. The number of nitrogens with zero attached hydrogens (tertiary/aromatic N) is 5. The Morgan fingerprint density at radius 2 is 1.68 bits per heavy atom. The van der Waals surface area contributed by atoms with Gasteiger partial charge in [0, 0.05) is 44.0 Å². The number of carbonyl (C=O) groups excluding carboxylic acids is 1. The summed E-state index contributed by atoms with van der Waals surface area (Å²) in [6.45, 7) is 5.23. The fourth-order valence-corrected chi connectivity index (χ4v) is 3.61. The SMILES string of the molecule is CC(O)C(=O)Nc1cc(C(F)(F)F)c(-c2cc(N3CCOCC3)nc(N3CCOCC3)n2)cn1. The maximum Gasteiger partial charge on any atom is 0.417 e. The fraction of sp³-hybridized carbons (Fsp3) is 0.524. The number of morpholine rings is 2. The molecule has 0 aliphatic carbocycles. The summed E-state index contributed by atoms with van der Waals surface area (Å²) in [7, 11) is 0. The molecule has 0 bridgehead atoms. The van der Waals surface area contributed by atoms with Crippen LogP contribution in [0.4, 0.5) is 30.8 Å². The van der Waals surface area contributed by atoms with Crippen molar-refractivity contribution in [2.75, 3.05) is 67.7 Å². The van der Waals surface area contributed by atoms with Crippen molar-refractivity contribution in [1.82, 2.24) is 15.0 Å². The average molecular weight is 482 g/mol. The Bertz CT molecular complexity index is 988. The molecule has 2 fully saturated rings. The molecule has 2 aromatic heterocycles. The number of carbonyl (C=O) groups is 1. The Labute approximate surface area is 193 Å². The van der Waals surface area contributed by atoms with E-state index in [1.165, 1.54) is 13.0 Å². The first-order chi connectivity index (χ1) is 16.2. The van der Waals surface area contributed by atoms with E-state index >= 15 is 0 Å². The van der Waals surface area contributed by atoms with E-state index in [1.807, 2.05) is 9.80 Å². The highest BCUT2D eigenvalue weighted by Crippen LogP contribution is 2.38. The highest BCUT2D eigenvalue weighted by molar-refractivity contribution is 5.93. The number of halogens is 3. The van der Waals surface area contributed by atoms with Crippen LogP contribution in [0.15, 0.2) is 18.3 Å². The minimum absolute atomic E-state index is 0.0613. The summed E-state index contributed by atoms with van der Waals surface area (Å²) in [5, 5.41) is 11.5. The van der Waals surface area contributed by atoms with Crippen LogP contribution in [0.2, 0.25) is 0 Å². The summed E-state index contributed by atoms with van der Waals surface area (Å²) in [4.78, 5) is 28.6. The van der Waals surface area contributed by atoms with E-state index in [0.29, 0.717) is 64.4 Å². The van der Waals surface area contributed by atoms with Crippen LogP contribution in [-0.4, -0.2) is 84.7 Å². The summed E-state index contributed by atoms with van der Waals surface area (Å²) >= 11 is 0. The van der Waals surface area contributed by atoms with Crippen molar-refractivity contribution in [3.63, 3.8) is 0 Å². The van der Waals surface area contributed by atoms with Gasteiger partial charge in [-0.1, -0.05) is 0 Å². The molecule has 1 atom stereocenters. The Hall–Kier alpha value is -3.03. The number of hydrogen-bond donors (Lipinski definition) is 2. The molecule has 2 aliphatic heterocycles. The number of alkyl halides is 3. The number of aliphatic hydroxyl groups excluding tert-OH is 1. The molecule has 2 N–H and O–H groups in total. The molecule has 13 heteroatoms. The van der Waals surface area contributed by atoms with Gasteiger partial charge in [0.15, 0.2) is 0 Å². The molecule has 1 amide bonds. The number of aromatic nitrogens is 3. The fourth-order valence-electron chi connectivity index (χ4n) is 3.61. The second-order valence-corrected chi connectivity index (χ2v) is 7.89. The van der Waals surface area contributed by atoms with Crippen LogP contribution in [0, 0.1) is 0 Å². The number of nitrogens with one attached hydrogen (secondary N) is 1. The molecule has 4 heterocycles. The van der Waals surface area contributed by atoms with Gasteiger partial charge in [0.1, 0.15) is 17.7 Å². The maximum absolute atomic E-state index is 14.0. The van der Waals surface area contributed by atoms with Crippen molar-refractivity contribution in [1.29, 1.82) is 0 Å². The third-order valence-electron chi connectivity index (χ3n) is 5.45. The van der Waals surface area contributed by atoms with Crippen LogP contribution in [-0.2, 0) is 20.4 Å². The van der Waals surface area contributed by atoms with Gasteiger partial charge in [0.2, 0.25) is 5.95 Å². The normalized spacial score (nSPS) is 18.0. The molecular formula is C21H25F3N6O4. The highest BCUT2D eigenvalue weighted by Gasteiger charge is 2.35. The van der Waals surface area contributed by atoms with E-state index in [4.69, 9.17) is 9.47 Å². The molecule has 2 aliphatic rings. The molecule has 0 radical (unpaired) electrons. The van der Waals surface area contributed by atoms with Crippen molar-refractivity contribution in [3.05, 3.63) is 23.9 Å². The van der Waals surface area contributed by atoms with E-state index in [-0.39, 0.29) is 17.1 Å². The molecule has 4 rings (SSSR count). The number of hydrogen-bond acceptors (Lipinski definition) is 9. The van der Waals surface area contributed by atoms with Gasteiger partial charge in [0.25, 0.3) is 5.91 Å². The molecule has 0 aromatic carbocycles.